The second-order valence-corrected chi connectivity index (χ2v) is 4.38. The Hall–Kier alpha value is -3.27. The molecule has 0 saturated carbocycles. The Labute approximate surface area is 120 Å². The van der Waals surface area contributed by atoms with E-state index in [1.165, 1.54) is 0 Å². The zero-order valence-corrected chi connectivity index (χ0v) is 11.2. The first-order valence-electron chi connectivity index (χ1n) is 6.25. The summed E-state index contributed by atoms with van der Waals surface area (Å²) in [5.74, 6) is 0.245. The highest BCUT2D eigenvalue weighted by Gasteiger charge is 2.06. The Morgan fingerprint density at radius 3 is 3.00 bits per heavy atom. The van der Waals surface area contributed by atoms with Crippen LogP contribution in [0.25, 0.3) is 16.5 Å². The summed E-state index contributed by atoms with van der Waals surface area (Å²) in [5, 5.41) is 26.6. The van der Waals surface area contributed by atoms with E-state index in [1.807, 2.05) is 43.3 Å². The number of aromatic amines is 1. The van der Waals surface area contributed by atoms with Crippen molar-refractivity contribution in [1.82, 2.24) is 25.6 Å². The number of rotatable bonds is 3. The van der Waals surface area contributed by atoms with Gasteiger partial charge in [0.15, 0.2) is 0 Å². The molecule has 0 fully saturated rings. The van der Waals surface area contributed by atoms with Crippen molar-refractivity contribution in [2.45, 2.75) is 6.92 Å². The summed E-state index contributed by atoms with van der Waals surface area (Å²) in [5.41, 5.74) is 2.87. The van der Waals surface area contributed by atoms with Gasteiger partial charge in [-0.05, 0) is 24.3 Å². The van der Waals surface area contributed by atoms with E-state index in [4.69, 9.17) is 5.26 Å². The van der Waals surface area contributed by atoms with Gasteiger partial charge in [-0.3, -0.25) is 4.98 Å². The third-order valence-corrected chi connectivity index (χ3v) is 2.94. The zero-order chi connectivity index (χ0) is 14.7. The van der Waals surface area contributed by atoms with E-state index >= 15 is 0 Å². The maximum Gasteiger partial charge on any atom is 0.216 e. The number of para-hydroxylation sites is 1. The van der Waals surface area contributed by atoms with E-state index in [0.717, 1.165) is 22.3 Å². The Bertz CT molecular complexity index is 843. The minimum atomic E-state index is 0.245. The molecule has 3 rings (SSSR count). The molecule has 2 N–H and O–H groups in total. The summed E-state index contributed by atoms with van der Waals surface area (Å²) >= 11 is 0. The van der Waals surface area contributed by atoms with Gasteiger partial charge in [0, 0.05) is 17.3 Å². The number of aryl methyl sites for hydroxylation is 1. The molecule has 0 aliphatic rings. The fourth-order valence-corrected chi connectivity index (χ4v) is 1.93. The fraction of sp³-hybridized carbons (Fsp3) is 0.0714. The van der Waals surface area contributed by atoms with Gasteiger partial charge in [-0.15, -0.1) is 10.2 Å². The number of allylic oxidation sites excluding steroid dienone is 1. The van der Waals surface area contributed by atoms with Gasteiger partial charge in [0.05, 0.1) is 11.2 Å². The SMILES string of the molecule is Cc1ccc2cccc(NC=C(C#N)c3nn[nH]n3)c2n1. The van der Waals surface area contributed by atoms with Crippen LogP contribution in [-0.4, -0.2) is 25.6 Å². The van der Waals surface area contributed by atoms with Crippen molar-refractivity contribution in [3.63, 3.8) is 0 Å². The molecule has 2 aromatic heterocycles. The largest absolute Gasteiger partial charge is 0.359 e. The first-order chi connectivity index (χ1) is 10.3. The van der Waals surface area contributed by atoms with Gasteiger partial charge < -0.3 is 5.32 Å². The molecule has 0 radical (unpaired) electrons. The summed E-state index contributed by atoms with van der Waals surface area (Å²) in [7, 11) is 0. The molecule has 0 unspecified atom stereocenters. The highest BCUT2D eigenvalue weighted by molar-refractivity contribution is 5.91. The topological polar surface area (TPSA) is 103 Å². The Morgan fingerprint density at radius 1 is 1.33 bits per heavy atom. The number of aromatic nitrogens is 5. The van der Waals surface area contributed by atoms with Crippen LogP contribution in [0.3, 0.4) is 0 Å². The Morgan fingerprint density at radius 2 is 2.24 bits per heavy atom. The lowest BCUT2D eigenvalue weighted by Gasteiger charge is -2.06. The van der Waals surface area contributed by atoms with E-state index in [1.54, 1.807) is 6.20 Å². The second kappa shape index (κ2) is 5.38. The molecular weight excluding hydrogens is 266 g/mol. The van der Waals surface area contributed by atoms with E-state index in [0.29, 0.717) is 0 Å². The standard InChI is InChI=1S/C14H11N7/c1-9-5-6-10-3-2-4-12(13(10)17-9)16-8-11(7-15)14-18-20-21-19-14/h2-6,8,16H,1H3,(H,18,19,20,21). The summed E-state index contributed by atoms with van der Waals surface area (Å²) in [6, 6.07) is 11.8. The van der Waals surface area contributed by atoms with E-state index < -0.39 is 0 Å². The molecule has 21 heavy (non-hydrogen) atoms. The Balaban J connectivity index is 1.99. The van der Waals surface area contributed by atoms with Crippen LogP contribution in [0.5, 0.6) is 0 Å². The number of pyridine rings is 1. The van der Waals surface area contributed by atoms with Gasteiger partial charge in [-0.1, -0.05) is 18.2 Å². The van der Waals surface area contributed by atoms with E-state index in [2.05, 4.69) is 30.9 Å². The molecule has 0 bridgehead atoms. The van der Waals surface area contributed by atoms with Crippen LogP contribution in [0.15, 0.2) is 36.5 Å². The number of anilines is 1. The average molecular weight is 277 g/mol. The van der Waals surface area contributed by atoms with Crippen molar-refractivity contribution in [2.24, 2.45) is 0 Å². The van der Waals surface area contributed by atoms with Crippen molar-refractivity contribution in [1.29, 1.82) is 5.26 Å². The smallest absolute Gasteiger partial charge is 0.216 e. The van der Waals surface area contributed by atoms with E-state index in [9.17, 15) is 0 Å². The lowest BCUT2D eigenvalue weighted by atomic mass is 10.1. The van der Waals surface area contributed by atoms with Crippen LogP contribution < -0.4 is 5.32 Å². The maximum atomic E-state index is 9.14. The van der Waals surface area contributed by atoms with Crippen LogP contribution in [0, 0.1) is 18.3 Å². The number of hydrogen-bond acceptors (Lipinski definition) is 6. The van der Waals surface area contributed by atoms with Gasteiger partial charge in [-0.25, -0.2) is 0 Å². The van der Waals surface area contributed by atoms with Crippen LogP contribution in [-0.2, 0) is 0 Å². The maximum absolute atomic E-state index is 9.14. The normalized spacial score (nSPS) is 11.3. The summed E-state index contributed by atoms with van der Waals surface area (Å²) in [6.07, 6.45) is 1.55. The number of fused-ring (bicyclic) bond motifs is 1. The van der Waals surface area contributed by atoms with Gasteiger partial charge in [0.2, 0.25) is 5.82 Å². The van der Waals surface area contributed by atoms with Crippen LogP contribution in [0.1, 0.15) is 11.5 Å². The van der Waals surface area contributed by atoms with E-state index in [-0.39, 0.29) is 11.4 Å². The van der Waals surface area contributed by atoms with Crippen molar-refractivity contribution in [3.8, 4) is 6.07 Å². The average Bonchev–Trinajstić information content (AvgIpc) is 3.02. The Kier molecular flexibility index (Phi) is 3.27. The lowest BCUT2D eigenvalue weighted by Crippen LogP contribution is -1.95. The van der Waals surface area contributed by atoms with Gasteiger partial charge in [0.25, 0.3) is 0 Å². The number of nitrogens with zero attached hydrogens (tertiary/aromatic N) is 5. The van der Waals surface area contributed by atoms with Crippen LogP contribution in [0.2, 0.25) is 0 Å². The van der Waals surface area contributed by atoms with Crippen LogP contribution in [0.4, 0.5) is 5.69 Å². The zero-order valence-electron chi connectivity index (χ0n) is 11.2. The lowest BCUT2D eigenvalue weighted by molar-refractivity contribution is 0.881. The first kappa shape index (κ1) is 12.7. The predicted octanol–water partition coefficient (Wildman–Crippen LogP) is 2.03. The molecule has 1 aromatic carbocycles. The minimum Gasteiger partial charge on any atom is -0.359 e. The molecule has 0 aliphatic carbocycles. The molecule has 0 saturated heterocycles. The number of nitriles is 1. The van der Waals surface area contributed by atoms with Crippen molar-refractivity contribution < 1.29 is 0 Å². The summed E-state index contributed by atoms with van der Waals surface area (Å²) < 4.78 is 0. The first-order valence-corrected chi connectivity index (χ1v) is 6.25. The van der Waals surface area contributed by atoms with Crippen LogP contribution >= 0.6 is 0 Å². The molecule has 2 heterocycles. The third kappa shape index (κ3) is 2.55. The number of hydrogen-bond donors (Lipinski definition) is 2. The van der Waals surface area contributed by atoms with Gasteiger partial charge >= 0.3 is 0 Å². The quantitative estimate of drug-likeness (QED) is 0.710. The summed E-state index contributed by atoms with van der Waals surface area (Å²) in [6.45, 7) is 1.94. The predicted molar refractivity (Wildman–Crippen MR) is 77.9 cm³/mol. The molecule has 3 aromatic rings. The number of tetrazole rings is 1. The monoisotopic (exact) mass is 277 g/mol. The number of nitrogens with one attached hydrogen (secondary N) is 2. The second-order valence-electron chi connectivity index (χ2n) is 4.38. The fourth-order valence-electron chi connectivity index (χ4n) is 1.93. The molecular formula is C14H11N7. The van der Waals surface area contributed by atoms with Crippen molar-refractivity contribution in [2.75, 3.05) is 5.32 Å². The summed E-state index contributed by atoms with van der Waals surface area (Å²) in [4.78, 5) is 4.52. The van der Waals surface area contributed by atoms with Gasteiger partial charge in [0.1, 0.15) is 11.6 Å². The molecule has 102 valence electrons. The minimum absolute atomic E-state index is 0.245. The number of benzene rings is 1. The highest BCUT2D eigenvalue weighted by Crippen LogP contribution is 2.22. The molecule has 0 amide bonds. The molecule has 0 aliphatic heterocycles. The molecule has 0 atom stereocenters. The molecule has 0 spiro atoms. The molecule has 7 nitrogen and oxygen atoms in total. The highest BCUT2D eigenvalue weighted by atomic mass is 15.5. The molecule has 7 heteroatoms. The third-order valence-electron chi connectivity index (χ3n) is 2.94. The van der Waals surface area contributed by atoms with Crippen molar-refractivity contribution >= 4 is 22.2 Å². The van der Waals surface area contributed by atoms with Crippen molar-refractivity contribution in [3.05, 3.63) is 48.1 Å². The van der Waals surface area contributed by atoms with Gasteiger partial charge in [-0.2, -0.15) is 10.5 Å². The number of H-pyrrole nitrogens is 1.